The summed E-state index contributed by atoms with van der Waals surface area (Å²) in [5.41, 5.74) is 5.10. The lowest BCUT2D eigenvalue weighted by Crippen LogP contribution is -2.36. The summed E-state index contributed by atoms with van der Waals surface area (Å²) in [6, 6.07) is 15.4. The Hall–Kier alpha value is -4.22. The van der Waals surface area contributed by atoms with Crippen molar-refractivity contribution in [2.75, 3.05) is 41.8 Å². The molecule has 1 aliphatic rings. The van der Waals surface area contributed by atoms with Crippen molar-refractivity contribution in [3.63, 3.8) is 0 Å². The number of carbonyl (C=O) groups is 1. The van der Waals surface area contributed by atoms with Crippen molar-refractivity contribution in [1.29, 1.82) is 5.26 Å². The van der Waals surface area contributed by atoms with Crippen molar-refractivity contribution >= 4 is 28.9 Å². The summed E-state index contributed by atoms with van der Waals surface area (Å²) in [6.45, 7) is 8.54. The van der Waals surface area contributed by atoms with Crippen LogP contribution >= 0.6 is 0 Å². The topological polar surface area (TPSA) is 103 Å². The van der Waals surface area contributed by atoms with Crippen LogP contribution in [0, 0.1) is 18.3 Å². The number of hydrogen-bond acceptors (Lipinski definition) is 7. The van der Waals surface area contributed by atoms with E-state index >= 15 is 0 Å². The molecular formula is C25H24N6O2. The molecule has 0 spiro atoms. The number of rotatable bonds is 6. The molecule has 2 aromatic carbocycles. The number of amides is 1. The van der Waals surface area contributed by atoms with Gasteiger partial charge in [-0.3, -0.25) is 4.79 Å². The second-order valence-corrected chi connectivity index (χ2v) is 7.57. The standard InChI is InChI=1S/C25H24N6O2/c1-3-23(32)29-22-13-18(7-8-19(22)15-26)24-17(2)16-27-25(30-24)28-20-5-4-6-21(14-20)31-9-11-33-12-10-31/h3-8,13-14,16H,1,9-12H2,2H3,(H,29,32)(H,27,28,30). The van der Waals surface area contributed by atoms with Crippen molar-refractivity contribution in [1.82, 2.24) is 9.97 Å². The number of anilines is 4. The van der Waals surface area contributed by atoms with E-state index in [9.17, 15) is 10.1 Å². The van der Waals surface area contributed by atoms with E-state index in [1.165, 1.54) is 0 Å². The van der Waals surface area contributed by atoms with Crippen molar-refractivity contribution in [3.8, 4) is 17.3 Å². The maximum atomic E-state index is 11.8. The molecule has 2 N–H and O–H groups in total. The normalized spacial score (nSPS) is 13.2. The predicted molar refractivity (Wildman–Crippen MR) is 129 cm³/mol. The number of benzene rings is 2. The summed E-state index contributed by atoms with van der Waals surface area (Å²) in [4.78, 5) is 23.2. The van der Waals surface area contributed by atoms with Crippen LogP contribution in [0.2, 0.25) is 0 Å². The maximum Gasteiger partial charge on any atom is 0.247 e. The lowest BCUT2D eigenvalue weighted by molar-refractivity contribution is -0.111. The Balaban J connectivity index is 1.61. The van der Waals surface area contributed by atoms with E-state index in [2.05, 4.69) is 45.3 Å². The molecule has 1 aromatic heterocycles. The summed E-state index contributed by atoms with van der Waals surface area (Å²) < 4.78 is 5.44. The summed E-state index contributed by atoms with van der Waals surface area (Å²) in [5.74, 6) is 0.0707. The van der Waals surface area contributed by atoms with Crippen LogP contribution < -0.4 is 15.5 Å². The number of aromatic nitrogens is 2. The highest BCUT2D eigenvalue weighted by molar-refractivity contribution is 6.00. The van der Waals surface area contributed by atoms with Crippen LogP contribution in [0.25, 0.3) is 11.3 Å². The second-order valence-electron chi connectivity index (χ2n) is 7.57. The Morgan fingerprint density at radius 3 is 2.82 bits per heavy atom. The zero-order valence-electron chi connectivity index (χ0n) is 18.3. The molecular weight excluding hydrogens is 416 g/mol. The van der Waals surface area contributed by atoms with E-state index in [-0.39, 0.29) is 5.91 Å². The van der Waals surface area contributed by atoms with Crippen LogP contribution in [0.3, 0.4) is 0 Å². The van der Waals surface area contributed by atoms with Crippen LogP contribution in [0.5, 0.6) is 0 Å². The molecule has 2 heterocycles. The van der Waals surface area contributed by atoms with Gasteiger partial charge in [0.25, 0.3) is 0 Å². The van der Waals surface area contributed by atoms with Gasteiger partial charge in [-0.15, -0.1) is 0 Å². The smallest absolute Gasteiger partial charge is 0.247 e. The summed E-state index contributed by atoms with van der Waals surface area (Å²) in [6.07, 6.45) is 2.91. The van der Waals surface area contributed by atoms with Crippen molar-refractivity contribution in [2.45, 2.75) is 6.92 Å². The Kier molecular flexibility index (Phi) is 6.62. The molecule has 0 unspecified atom stereocenters. The van der Waals surface area contributed by atoms with Crippen LogP contribution in [0.15, 0.2) is 61.3 Å². The van der Waals surface area contributed by atoms with Gasteiger partial charge >= 0.3 is 0 Å². The Morgan fingerprint density at radius 2 is 2.06 bits per heavy atom. The van der Waals surface area contributed by atoms with E-state index in [0.717, 1.165) is 54.9 Å². The van der Waals surface area contributed by atoms with Gasteiger partial charge in [0.15, 0.2) is 0 Å². The minimum atomic E-state index is -0.384. The first-order chi connectivity index (χ1) is 16.1. The van der Waals surface area contributed by atoms with Crippen LogP contribution in [-0.4, -0.2) is 42.2 Å². The first-order valence-corrected chi connectivity index (χ1v) is 10.6. The Morgan fingerprint density at radius 1 is 1.24 bits per heavy atom. The average Bonchev–Trinajstić information content (AvgIpc) is 2.86. The molecule has 0 atom stereocenters. The largest absolute Gasteiger partial charge is 0.378 e. The van der Waals surface area contributed by atoms with E-state index in [0.29, 0.717) is 22.9 Å². The van der Waals surface area contributed by atoms with E-state index < -0.39 is 0 Å². The summed E-state index contributed by atoms with van der Waals surface area (Å²) in [5, 5.41) is 15.3. The van der Waals surface area contributed by atoms with Gasteiger partial charge in [0.05, 0.1) is 30.2 Å². The third-order valence-electron chi connectivity index (χ3n) is 5.31. The number of morpholine rings is 1. The quantitative estimate of drug-likeness (QED) is 0.558. The molecule has 1 amide bonds. The van der Waals surface area contributed by atoms with Crippen molar-refractivity contribution < 1.29 is 9.53 Å². The predicted octanol–water partition coefficient (Wildman–Crippen LogP) is 4.03. The molecule has 3 aromatic rings. The average molecular weight is 441 g/mol. The molecule has 0 radical (unpaired) electrons. The van der Waals surface area contributed by atoms with E-state index in [1.54, 1.807) is 24.4 Å². The molecule has 8 nitrogen and oxygen atoms in total. The highest BCUT2D eigenvalue weighted by Gasteiger charge is 2.13. The number of carbonyl (C=O) groups excluding carboxylic acids is 1. The van der Waals surface area contributed by atoms with Gasteiger partial charge in [0.1, 0.15) is 6.07 Å². The molecule has 1 saturated heterocycles. The molecule has 4 rings (SSSR count). The number of nitrogens with one attached hydrogen (secondary N) is 2. The van der Waals surface area contributed by atoms with E-state index in [4.69, 9.17) is 9.72 Å². The van der Waals surface area contributed by atoms with Crippen LogP contribution in [0.4, 0.5) is 23.0 Å². The van der Waals surface area contributed by atoms with Crippen molar-refractivity contribution in [3.05, 3.63) is 72.4 Å². The highest BCUT2D eigenvalue weighted by Crippen LogP contribution is 2.28. The van der Waals surface area contributed by atoms with Crippen LogP contribution in [0.1, 0.15) is 11.1 Å². The second kappa shape index (κ2) is 9.94. The lowest BCUT2D eigenvalue weighted by Gasteiger charge is -2.29. The van der Waals surface area contributed by atoms with Gasteiger partial charge in [-0.25, -0.2) is 9.97 Å². The maximum absolute atomic E-state index is 11.8. The monoisotopic (exact) mass is 440 g/mol. The third-order valence-corrected chi connectivity index (χ3v) is 5.31. The van der Waals surface area contributed by atoms with Gasteiger partial charge in [0.2, 0.25) is 11.9 Å². The lowest BCUT2D eigenvalue weighted by atomic mass is 10.0. The minimum absolute atomic E-state index is 0.360. The molecule has 166 valence electrons. The van der Waals surface area contributed by atoms with Crippen LogP contribution in [-0.2, 0) is 9.53 Å². The minimum Gasteiger partial charge on any atom is -0.378 e. The number of nitriles is 1. The van der Waals surface area contributed by atoms with Gasteiger partial charge in [-0.05, 0) is 48.9 Å². The third kappa shape index (κ3) is 5.17. The molecule has 0 saturated carbocycles. The van der Waals surface area contributed by atoms with E-state index in [1.807, 2.05) is 19.1 Å². The first kappa shape index (κ1) is 22.0. The number of aryl methyl sites for hydroxylation is 1. The number of ether oxygens (including phenoxy) is 1. The Bertz CT molecular complexity index is 1230. The Labute approximate surface area is 192 Å². The molecule has 8 heteroatoms. The highest BCUT2D eigenvalue weighted by atomic mass is 16.5. The molecule has 33 heavy (non-hydrogen) atoms. The fourth-order valence-electron chi connectivity index (χ4n) is 3.60. The zero-order valence-corrected chi connectivity index (χ0v) is 18.3. The molecule has 1 fully saturated rings. The SMILES string of the molecule is C=CC(=O)Nc1cc(-c2nc(Nc3cccc(N4CCOCC4)c3)ncc2C)ccc1C#N. The first-order valence-electron chi connectivity index (χ1n) is 10.6. The summed E-state index contributed by atoms with van der Waals surface area (Å²) in [7, 11) is 0. The number of nitrogens with zero attached hydrogens (tertiary/aromatic N) is 4. The summed E-state index contributed by atoms with van der Waals surface area (Å²) >= 11 is 0. The fourth-order valence-corrected chi connectivity index (χ4v) is 3.60. The molecule has 1 aliphatic heterocycles. The van der Waals surface area contributed by atoms with Crippen molar-refractivity contribution in [2.24, 2.45) is 0 Å². The van der Waals surface area contributed by atoms with Gasteiger partial charge in [-0.2, -0.15) is 5.26 Å². The molecule has 0 bridgehead atoms. The molecule has 0 aliphatic carbocycles. The van der Waals surface area contributed by atoms with Gasteiger partial charge in [0, 0.05) is 36.2 Å². The fraction of sp³-hybridized carbons (Fsp3) is 0.200. The number of hydrogen-bond donors (Lipinski definition) is 2. The van der Waals surface area contributed by atoms with Gasteiger partial charge in [-0.1, -0.05) is 18.7 Å². The zero-order chi connectivity index (χ0) is 23.2. The van der Waals surface area contributed by atoms with Gasteiger partial charge < -0.3 is 20.3 Å².